The van der Waals surface area contributed by atoms with Crippen LogP contribution in [0.3, 0.4) is 0 Å². The van der Waals surface area contributed by atoms with Crippen molar-refractivity contribution in [3.63, 3.8) is 0 Å². The lowest BCUT2D eigenvalue weighted by atomic mass is 9.78. The Morgan fingerprint density at radius 2 is 1.58 bits per heavy atom. The largest absolute Gasteiger partial charge is 0.432 e. The van der Waals surface area contributed by atoms with E-state index in [0.29, 0.717) is 48.9 Å². The predicted octanol–water partition coefficient (Wildman–Crippen LogP) is 5.99. The van der Waals surface area contributed by atoms with Crippen molar-refractivity contribution in [2.24, 2.45) is 11.8 Å². The molecule has 2 aliphatic heterocycles. The van der Waals surface area contributed by atoms with Gasteiger partial charge in [0.1, 0.15) is 11.9 Å². The Kier molecular flexibility index (Phi) is 11.5. The van der Waals surface area contributed by atoms with Crippen LogP contribution in [0.2, 0.25) is 54.4 Å². The summed E-state index contributed by atoms with van der Waals surface area (Å²) in [6.07, 6.45) is 4.91. The number of fused-ring (bicyclic) bond motifs is 1. The summed E-state index contributed by atoms with van der Waals surface area (Å²) >= 11 is 0. The first kappa shape index (κ1) is 41.1. The third kappa shape index (κ3) is 8.41. The molecule has 4 N–H and O–H groups in total. The molecule has 3 aromatic heterocycles. The molecule has 3 aromatic rings. The van der Waals surface area contributed by atoms with Crippen molar-refractivity contribution in [3.8, 4) is 5.95 Å². The molecule has 292 valence electrons. The van der Waals surface area contributed by atoms with Gasteiger partial charge in [0.05, 0.1) is 44.5 Å². The molecule has 0 aromatic carbocycles. The van der Waals surface area contributed by atoms with Gasteiger partial charge in [-0.15, -0.1) is 5.10 Å². The minimum Gasteiger partial charge on any atom is -0.432 e. The van der Waals surface area contributed by atoms with Gasteiger partial charge in [-0.3, -0.25) is 4.57 Å². The van der Waals surface area contributed by atoms with E-state index in [1.807, 2.05) is 30.8 Å². The monoisotopic (exact) mass is 776 g/mol. The summed E-state index contributed by atoms with van der Waals surface area (Å²) in [5.74, 6) is 0.775. The van der Waals surface area contributed by atoms with Gasteiger partial charge >= 0.3 is 0 Å². The second kappa shape index (κ2) is 14.5. The zero-order valence-electron chi connectivity index (χ0n) is 33.7. The number of nitrogens with zero attached hydrogens (tertiary/aromatic N) is 7. The molecule has 0 spiro atoms. The second-order valence-corrected chi connectivity index (χ2v) is 32.7. The molecule has 5 rings (SSSR count). The molecule has 52 heavy (non-hydrogen) atoms. The zero-order valence-corrected chi connectivity index (χ0v) is 36.7. The van der Waals surface area contributed by atoms with Crippen LogP contribution in [0, 0.1) is 11.8 Å². The number of aromatic nitrogens is 7. The smallest absolute Gasteiger partial charge is 0.256 e. The lowest BCUT2D eigenvalue weighted by molar-refractivity contribution is -0.0353. The lowest BCUT2D eigenvalue weighted by Gasteiger charge is -2.43. The van der Waals surface area contributed by atoms with Gasteiger partial charge < -0.3 is 33.9 Å². The number of imidazole rings is 1. The van der Waals surface area contributed by atoms with E-state index < -0.39 is 31.2 Å². The number of aliphatic hydroxyl groups excluding tert-OH is 1. The highest BCUT2D eigenvalue weighted by molar-refractivity contribution is 6.74. The Balaban J connectivity index is 1.67. The van der Waals surface area contributed by atoms with Crippen molar-refractivity contribution < 1.29 is 28.6 Å². The number of rotatable bonds is 14. The summed E-state index contributed by atoms with van der Waals surface area (Å²) in [5, 5.41) is 20.8. The van der Waals surface area contributed by atoms with Crippen molar-refractivity contribution in [2.75, 3.05) is 25.1 Å². The molecule has 5 heterocycles. The Morgan fingerprint density at radius 1 is 0.942 bits per heavy atom. The van der Waals surface area contributed by atoms with Crippen LogP contribution in [0.25, 0.3) is 17.1 Å². The van der Waals surface area contributed by atoms with Gasteiger partial charge in [-0.05, 0) is 79.6 Å². The van der Waals surface area contributed by atoms with E-state index >= 15 is 0 Å². The predicted molar refractivity (Wildman–Crippen MR) is 210 cm³/mol. The van der Waals surface area contributed by atoms with Gasteiger partial charge in [0.15, 0.2) is 41.9 Å². The summed E-state index contributed by atoms with van der Waals surface area (Å²) < 4.78 is 23.3. The third-order valence-corrected chi connectivity index (χ3v) is 24.3. The Hall–Kier alpha value is -2.10. The van der Waals surface area contributed by atoms with Crippen molar-refractivity contribution in [2.45, 2.75) is 147 Å². The van der Waals surface area contributed by atoms with Crippen LogP contribution in [0.15, 0.2) is 12.5 Å². The Labute approximate surface area is 312 Å². The molecule has 0 amide bonds. The molecule has 0 aliphatic carbocycles. The highest BCUT2D eigenvalue weighted by atomic mass is 28.4. The van der Waals surface area contributed by atoms with E-state index in [1.165, 1.54) is 4.68 Å². The summed E-state index contributed by atoms with van der Waals surface area (Å²) in [5.41, 5.74) is 1.57. The summed E-state index contributed by atoms with van der Waals surface area (Å²) in [7, 11) is -7.42. The Morgan fingerprint density at radius 3 is 2.12 bits per heavy atom. The van der Waals surface area contributed by atoms with Crippen LogP contribution in [-0.2, 0) is 20.5 Å². The van der Waals surface area contributed by atoms with Gasteiger partial charge in [0, 0.05) is 12.5 Å². The molecular formula is C35H64N8O6Si3. The quantitative estimate of drug-likeness (QED) is 0.141. The number of ether oxygens (including phenoxy) is 2. The summed E-state index contributed by atoms with van der Waals surface area (Å²) in [6, 6.07) is 0.0577. The molecule has 14 nitrogen and oxygen atoms in total. The minimum absolute atomic E-state index is 0.00809. The highest BCUT2D eigenvalue weighted by Gasteiger charge is 2.54. The number of hydrogen-bond donors (Lipinski definition) is 4. The summed E-state index contributed by atoms with van der Waals surface area (Å²) in [6.45, 7) is 29.4. The molecule has 5 atom stereocenters. The number of anilines is 1. The van der Waals surface area contributed by atoms with Crippen molar-refractivity contribution in [1.82, 2.24) is 34.5 Å². The molecule has 0 bridgehead atoms. The van der Waals surface area contributed by atoms with Crippen LogP contribution < -0.4 is 5.32 Å². The molecule has 1 unspecified atom stereocenters. The minimum atomic E-state index is -2.66. The van der Waals surface area contributed by atoms with Crippen LogP contribution in [-0.4, -0.2) is 106 Å². The Bertz CT molecular complexity index is 1690. The van der Waals surface area contributed by atoms with E-state index in [9.17, 15) is 14.7 Å². The van der Waals surface area contributed by atoms with E-state index in [1.54, 1.807) is 12.5 Å². The number of aliphatic hydroxyl groups is 1. The van der Waals surface area contributed by atoms with E-state index in [4.69, 9.17) is 28.9 Å². The maximum atomic E-state index is 11.6. The van der Waals surface area contributed by atoms with Crippen LogP contribution in [0.4, 0.5) is 5.82 Å². The van der Waals surface area contributed by atoms with Gasteiger partial charge in [0.2, 0.25) is 0 Å². The number of nitrogens with one attached hydrogen (secondary N) is 1. The molecule has 17 heteroatoms. The third-order valence-electron chi connectivity index (χ3n) is 12.8. The van der Waals surface area contributed by atoms with E-state index in [2.05, 4.69) is 77.2 Å². The molecule has 2 aliphatic rings. The topological polar surface area (TPSA) is 175 Å². The van der Waals surface area contributed by atoms with Crippen molar-refractivity contribution in [1.29, 1.82) is 0 Å². The second-order valence-electron chi connectivity index (χ2n) is 19.0. The van der Waals surface area contributed by atoms with Gasteiger partial charge in [-0.1, -0.05) is 53.7 Å². The first-order valence-electron chi connectivity index (χ1n) is 18.7. The SMILES string of the molecule is CC(C)(C[C@@H]1[C@H](CC(C)(C)[Si](C)(C)O)[C@@H](CO[Si](C)(C)C(C)(C)C)O[C@H]1n1cnc2c(NC3CCOC3)nc(-n3cc(CO)nn3)nc21)[Si](C)(C)O. The first-order valence-corrected chi connectivity index (χ1v) is 27.5. The standard InChI is InChI=1S/C35H64N8O6Si3/c1-33(2,3)52(12,13)48-21-27-25(16-34(4,5)50(8,9)45)26(17-35(6,7)51(10,11)46)31(49-27)42-22-36-28-29(37-23-14-15-47-20-23)38-32(39-30(28)42)43-18-24(19-44)40-41-43/h18,22-23,25-27,31,44-46H,14-17,19-21H2,1-13H3,(H,37,38,39)/t23?,25-,26+,27+,31+/m0/s1. The number of hydrogen-bond acceptors (Lipinski definition) is 12. The van der Waals surface area contributed by atoms with E-state index in [-0.39, 0.29) is 51.7 Å². The van der Waals surface area contributed by atoms with Gasteiger partial charge in [0.25, 0.3) is 5.95 Å². The zero-order chi connectivity index (χ0) is 38.7. The lowest BCUT2D eigenvalue weighted by Crippen LogP contribution is -2.46. The molecule has 2 saturated heterocycles. The van der Waals surface area contributed by atoms with Crippen LogP contribution in [0.1, 0.15) is 79.7 Å². The van der Waals surface area contributed by atoms with Gasteiger partial charge in [-0.25, -0.2) is 4.98 Å². The van der Waals surface area contributed by atoms with Crippen molar-refractivity contribution >= 4 is 41.9 Å². The van der Waals surface area contributed by atoms with Gasteiger partial charge in [-0.2, -0.15) is 14.6 Å². The van der Waals surface area contributed by atoms with Crippen LogP contribution in [0.5, 0.6) is 0 Å². The average molecular weight is 777 g/mol. The average Bonchev–Trinajstić information content (AvgIpc) is 3.82. The highest BCUT2D eigenvalue weighted by Crippen LogP contribution is 2.56. The normalized spacial score (nSPS) is 24.0. The maximum Gasteiger partial charge on any atom is 0.256 e. The molecule has 2 fully saturated rings. The first-order chi connectivity index (χ1) is 23.8. The van der Waals surface area contributed by atoms with Crippen LogP contribution >= 0.6 is 0 Å². The fraction of sp³-hybridized carbons (Fsp3) is 0.800. The molecular weight excluding hydrogens is 713 g/mol. The fourth-order valence-corrected chi connectivity index (χ4v) is 9.11. The molecule has 0 radical (unpaired) electrons. The van der Waals surface area contributed by atoms with Crippen molar-refractivity contribution in [3.05, 3.63) is 18.2 Å². The summed E-state index contributed by atoms with van der Waals surface area (Å²) in [4.78, 5) is 37.9. The molecule has 0 saturated carbocycles. The van der Waals surface area contributed by atoms with E-state index in [0.717, 1.165) is 12.8 Å². The fourth-order valence-electron chi connectivity index (χ4n) is 6.63. The maximum absolute atomic E-state index is 11.6.